The molecule has 6 N–H and O–H groups in total. The average molecular weight is 219 g/mol. The van der Waals surface area contributed by atoms with E-state index in [4.69, 9.17) is 0 Å². The van der Waals surface area contributed by atoms with Crippen LogP contribution in [0, 0.1) is 0 Å². The standard InChI is InChI=1S/C8H8O3S.H3N.H2O/c9-12(10,11)7-6-8-4-2-1-3-5-8;;/h1-7H,(H,9,10,11);1H3;1H2. The Morgan fingerprint density at radius 3 is 2.07 bits per heavy atom. The summed E-state index contributed by atoms with van der Waals surface area (Å²) in [6, 6.07) is 8.75. The van der Waals surface area contributed by atoms with Crippen LogP contribution in [-0.2, 0) is 10.1 Å². The molecular formula is C8H13NO4S. The van der Waals surface area contributed by atoms with Crippen LogP contribution in [0.2, 0.25) is 0 Å². The zero-order valence-corrected chi connectivity index (χ0v) is 8.49. The molecule has 14 heavy (non-hydrogen) atoms. The molecule has 0 saturated carbocycles. The van der Waals surface area contributed by atoms with Gasteiger partial charge in [-0.2, -0.15) is 0 Å². The molecule has 0 heterocycles. The minimum atomic E-state index is -4.25. The van der Waals surface area contributed by atoms with Gasteiger partial charge in [-0.3, -0.25) is 0 Å². The van der Waals surface area contributed by atoms with Crippen molar-refractivity contribution in [2.45, 2.75) is 0 Å². The van der Waals surface area contributed by atoms with E-state index in [1.54, 1.807) is 24.3 Å². The predicted molar refractivity (Wildman–Crippen MR) is 54.8 cm³/mol. The van der Waals surface area contributed by atoms with Crippen molar-refractivity contribution in [2.75, 3.05) is 0 Å². The number of quaternary nitrogens is 1. The van der Waals surface area contributed by atoms with Crippen LogP contribution in [0.4, 0.5) is 0 Å². The maximum Gasteiger partial charge on any atom is 0.117 e. The van der Waals surface area contributed by atoms with Crippen LogP contribution in [0.25, 0.3) is 6.08 Å². The Balaban J connectivity index is 0. The monoisotopic (exact) mass is 219 g/mol. The fourth-order valence-electron chi connectivity index (χ4n) is 0.726. The first kappa shape index (κ1) is 15.3. The molecule has 0 aliphatic carbocycles. The maximum atomic E-state index is 10.2. The first-order chi connectivity index (χ1) is 5.58. The molecule has 0 bridgehead atoms. The van der Waals surface area contributed by atoms with E-state index in [1.807, 2.05) is 6.07 Å². The number of rotatable bonds is 2. The summed E-state index contributed by atoms with van der Waals surface area (Å²) in [5.74, 6) is 0. The van der Waals surface area contributed by atoms with Crippen LogP contribution in [0.5, 0.6) is 0 Å². The van der Waals surface area contributed by atoms with Gasteiger partial charge in [-0.1, -0.05) is 30.3 Å². The van der Waals surface area contributed by atoms with E-state index in [0.29, 0.717) is 11.0 Å². The zero-order chi connectivity index (χ0) is 9.03. The summed E-state index contributed by atoms with van der Waals surface area (Å²) in [5.41, 5.74) is 0.692. The molecule has 0 saturated heterocycles. The van der Waals surface area contributed by atoms with Crippen molar-refractivity contribution in [1.29, 1.82) is 0 Å². The van der Waals surface area contributed by atoms with E-state index in [-0.39, 0.29) is 11.6 Å². The minimum Gasteiger partial charge on any atom is -0.744 e. The van der Waals surface area contributed by atoms with Crippen molar-refractivity contribution in [1.82, 2.24) is 6.15 Å². The molecule has 0 amide bonds. The van der Waals surface area contributed by atoms with Gasteiger partial charge < -0.3 is 16.2 Å². The summed E-state index contributed by atoms with van der Waals surface area (Å²) in [4.78, 5) is 0. The normalized spacial score (nSPS) is 10.4. The number of hydrogen-bond donors (Lipinski definition) is 1. The molecule has 1 rings (SSSR count). The Morgan fingerprint density at radius 1 is 1.14 bits per heavy atom. The van der Waals surface area contributed by atoms with Crippen LogP contribution >= 0.6 is 0 Å². The molecule has 0 spiro atoms. The van der Waals surface area contributed by atoms with Gasteiger partial charge in [0.15, 0.2) is 0 Å². The predicted octanol–water partition coefficient (Wildman–Crippen LogP) is 0.754. The van der Waals surface area contributed by atoms with Crippen LogP contribution in [0.1, 0.15) is 5.56 Å². The quantitative estimate of drug-likeness (QED) is 0.737. The zero-order valence-electron chi connectivity index (χ0n) is 7.67. The van der Waals surface area contributed by atoms with Crippen LogP contribution in [-0.4, -0.2) is 18.4 Å². The average Bonchev–Trinajstić information content (AvgIpc) is 2.02. The Hall–Kier alpha value is -1.21. The first-order valence-electron chi connectivity index (χ1n) is 3.27. The van der Waals surface area contributed by atoms with Crippen molar-refractivity contribution in [3.63, 3.8) is 0 Å². The largest absolute Gasteiger partial charge is 0.744 e. The van der Waals surface area contributed by atoms with Gasteiger partial charge >= 0.3 is 0 Å². The Bertz CT molecular complexity index is 372. The van der Waals surface area contributed by atoms with Gasteiger partial charge in [0.1, 0.15) is 10.1 Å². The molecule has 0 aliphatic heterocycles. The fraction of sp³-hybridized carbons (Fsp3) is 0. The molecule has 6 heteroatoms. The van der Waals surface area contributed by atoms with Gasteiger partial charge in [0.05, 0.1) is 0 Å². The summed E-state index contributed by atoms with van der Waals surface area (Å²) in [7, 11) is -4.25. The second kappa shape index (κ2) is 6.28. The summed E-state index contributed by atoms with van der Waals surface area (Å²) in [6.45, 7) is 0. The first-order valence-corrected chi connectivity index (χ1v) is 4.74. The van der Waals surface area contributed by atoms with Gasteiger partial charge in [-0.05, 0) is 11.6 Å². The summed E-state index contributed by atoms with van der Waals surface area (Å²) in [5, 5.41) is 0.641. The molecule has 0 unspecified atom stereocenters. The van der Waals surface area contributed by atoms with E-state index >= 15 is 0 Å². The molecular weight excluding hydrogens is 206 g/mol. The molecule has 80 valence electrons. The third kappa shape index (κ3) is 6.32. The van der Waals surface area contributed by atoms with E-state index in [9.17, 15) is 13.0 Å². The van der Waals surface area contributed by atoms with Crippen molar-refractivity contribution in [3.05, 3.63) is 41.3 Å². The minimum absolute atomic E-state index is 0. The topological polar surface area (TPSA) is 125 Å². The van der Waals surface area contributed by atoms with E-state index in [1.165, 1.54) is 6.08 Å². The molecule has 0 atom stereocenters. The summed E-state index contributed by atoms with van der Waals surface area (Å²) >= 11 is 0. The van der Waals surface area contributed by atoms with Crippen LogP contribution < -0.4 is 6.15 Å². The van der Waals surface area contributed by atoms with Crippen molar-refractivity contribution in [2.24, 2.45) is 0 Å². The lowest BCUT2D eigenvalue weighted by Crippen LogP contribution is -1.89. The van der Waals surface area contributed by atoms with Gasteiger partial charge in [-0.15, -0.1) is 0 Å². The molecule has 0 radical (unpaired) electrons. The van der Waals surface area contributed by atoms with Crippen molar-refractivity contribution >= 4 is 16.2 Å². The third-order valence-electron chi connectivity index (χ3n) is 1.23. The highest BCUT2D eigenvalue weighted by atomic mass is 32.2. The van der Waals surface area contributed by atoms with Gasteiger partial charge in [0.2, 0.25) is 0 Å². The lowest BCUT2D eigenvalue weighted by molar-refractivity contribution is 0.474. The third-order valence-corrected chi connectivity index (χ3v) is 1.70. The van der Waals surface area contributed by atoms with Gasteiger partial charge in [0, 0.05) is 5.41 Å². The second-order valence-electron chi connectivity index (χ2n) is 2.21. The highest BCUT2D eigenvalue weighted by molar-refractivity contribution is 7.88. The van der Waals surface area contributed by atoms with Gasteiger partial charge in [-0.25, -0.2) is 8.42 Å². The lowest BCUT2D eigenvalue weighted by atomic mass is 10.2. The van der Waals surface area contributed by atoms with Crippen LogP contribution in [0.15, 0.2) is 35.7 Å². The fourth-order valence-corrected chi connectivity index (χ4v) is 1.05. The summed E-state index contributed by atoms with van der Waals surface area (Å²) in [6.07, 6.45) is 1.27. The molecule has 5 nitrogen and oxygen atoms in total. The molecule has 0 aromatic heterocycles. The van der Waals surface area contributed by atoms with E-state index < -0.39 is 10.1 Å². The Kier molecular flexibility index (Phi) is 6.84. The number of hydrogen-bond acceptors (Lipinski definition) is 3. The molecule has 1 aromatic rings. The van der Waals surface area contributed by atoms with Crippen molar-refractivity contribution in [3.8, 4) is 0 Å². The second-order valence-corrected chi connectivity index (χ2v) is 3.46. The van der Waals surface area contributed by atoms with Crippen molar-refractivity contribution < 1.29 is 18.4 Å². The summed E-state index contributed by atoms with van der Waals surface area (Å²) < 4.78 is 30.5. The highest BCUT2D eigenvalue weighted by Gasteiger charge is 1.85. The van der Waals surface area contributed by atoms with E-state index in [0.717, 1.165) is 0 Å². The van der Waals surface area contributed by atoms with E-state index in [2.05, 4.69) is 0 Å². The van der Waals surface area contributed by atoms with Crippen LogP contribution in [0.3, 0.4) is 0 Å². The lowest BCUT2D eigenvalue weighted by Gasteiger charge is -1.97. The Morgan fingerprint density at radius 2 is 1.64 bits per heavy atom. The SMILES string of the molecule is O.O=S(=O)([O-])C=Cc1ccccc1.[NH4+]. The van der Waals surface area contributed by atoms with Gasteiger partial charge in [0.25, 0.3) is 0 Å². The molecule has 0 fully saturated rings. The molecule has 0 aliphatic rings. The number of benzene rings is 1. The molecule has 1 aromatic carbocycles. The smallest absolute Gasteiger partial charge is 0.117 e. The Labute approximate surface area is 82.7 Å². The maximum absolute atomic E-state index is 10.2. The highest BCUT2D eigenvalue weighted by Crippen LogP contribution is 2.01.